The molecule has 1 saturated heterocycles. The summed E-state index contributed by atoms with van der Waals surface area (Å²) in [7, 11) is -7.71. The van der Waals surface area contributed by atoms with Gasteiger partial charge in [-0.25, -0.2) is 16.8 Å². The van der Waals surface area contributed by atoms with Crippen LogP contribution in [-0.4, -0.2) is 50.7 Å². The van der Waals surface area contributed by atoms with Crippen LogP contribution in [0.4, 0.5) is 5.69 Å². The average Bonchev–Trinajstić information content (AvgIpc) is 2.81. The Hall–Kier alpha value is -2.10. The van der Waals surface area contributed by atoms with Crippen molar-refractivity contribution in [2.45, 2.75) is 17.0 Å². The fourth-order valence-electron chi connectivity index (χ4n) is 2.88. The van der Waals surface area contributed by atoms with Crippen LogP contribution in [0.5, 0.6) is 5.75 Å². The minimum Gasteiger partial charge on any atom is -0.508 e. The summed E-state index contributed by atoms with van der Waals surface area (Å²) in [6.45, 7) is 0. The molecule has 7 nitrogen and oxygen atoms in total. The van der Waals surface area contributed by atoms with Gasteiger partial charge in [0.2, 0.25) is 0 Å². The van der Waals surface area contributed by atoms with Gasteiger partial charge in [0.1, 0.15) is 5.75 Å². The van der Waals surface area contributed by atoms with Crippen LogP contribution >= 0.6 is 0 Å². The Labute approximate surface area is 146 Å². The second-order valence-corrected chi connectivity index (χ2v) is 9.81. The van der Waals surface area contributed by atoms with Crippen molar-refractivity contribution in [3.63, 3.8) is 0 Å². The Bertz CT molecular complexity index is 973. The van der Waals surface area contributed by atoms with Crippen molar-refractivity contribution < 1.29 is 27.0 Å². The topological polar surface area (TPSA) is 112 Å². The first-order chi connectivity index (χ1) is 11.7. The van der Waals surface area contributed by atoms with E-state index in [0.717, 1.165) is 4.31 Å². The summed E-state index contributed by atoms with van der Waals surface area (Å²) in [6, 6.07) is 11.9. The third-order valence-electron chi connectivity index (χ3n) is 3.98. The van der Waals surface area contributed by atoms with E-state index >= 15 is 0 Å². The zero-order valence-corrected chi connectivity index (χ0v) is 14.7. The maximum Gasteiger partial charge on any atom is 0.264 e. The normalized spacial score (nSPS) is 22.6. The Morgan fingerprint density at radius 2 is 1.68 bits per heavy atom. The van der Waals surface area contributed by atoms with Crippen molar-refractivity contribution in [3.8, 4) is 5.75 Å². The van der Waals surface area contributed by atoms with E-state index in [1.165, 1.54) is 36.4 Å². The van der Waals surface area contributed by atoms with Crippen molar-refractivity contribution in [2.24, 2.45) is 0 Å². The lowest BCUT2D eigenvalue weighted by atomic mass is 10.2. The molecule has 0 aromatic heterocycles. The van der Waals surface area contributed by atoms with Crippen molar-refractivity contribution in [2.75, 3.05) is 15.8 Å². The lowest BCUT2D eigenvalue weighted by Crippen LogP contribution is -2.47. The molecule has 134 valence electrons. The Balaban J connectivity index is 2.17. The molecule has 0 unspecified atom stereocenters. The van der Waals surface area contributed by atoms with Crippen LogP contribution < -0.4 is 4.31 Å². The van der Waals surface area contributed by atoms with E-state index < -0.39 is 43.5 Å². The molecule has 1 fully saturated rings. The number of phenols is 1. The summed E-state index contributed by atoms with van der Waals surface area (Å²) in [6.07, 6.45) is -1.36. The first kappa shape index (κ1) is 17.7. The monoisotopic (exact) mass is 383 g/mol. The lowest BCUT2D eigenvalue weighted by Gasteiger charge is -2.31. The van der Waals surface area contributed by atoms with Crippen LogP contribution in [0.15, 0.2) is 59.5 Å². The highest BCUT2D eigenvalue weighted by Crippen LogP contribution is 2.32. The highest BCUT2D eigenvalue weighted by Gasteiger charge is 2.45. The number of aliphatic hydroxyl groups is 1. The number of aliphatic hydroxyl groups excluding tert-OH is 1. The third kappa shape index (κ3) is 3.48. The Morgan fingerprint density at radius 1 is 1.00 bits per heavy atom. The minimum atomic E-state index is -4.14. The van der Waals surface area contributed by atoms with Gasteiger partial charge < -0.3 is 10.2 Å². The maximum absolute atomic E-state index is 13.1. The van der Waals surface area contributed by atoms with E-state index in [2.05, 4.69) is 0 Å². The molecule has 0 spiro atoms. The average molecular weight is 383 g/mol. The molecule has 1 heterocycles. The third-order valence-corrected chi connectivity index (χ3v) is 7.55. The molecule has 0 amide bonds. The molecule has 2 aromatic rings. The summed E-state index contributed by atoms with van der Waals surface area (Å²) in [5, 5.41) is 19.9. The van der Waals surface area contributed by atoms with Gasteiger partial charge in [-0.2, -0.15) is 0 Å². The van der Waals surface area contributed by atoms with Gasteiger partial charge in [-0.05, 0) is 24.3 Å². The number of benzene rings is 2. The molecule has 0 radical (unpaired) electrons. The van der Waals surface area contributed by atoms with Crippen LogP contribution in [0.25, 0.3) is 0 Å². The van der Waals surface area contributed by atoms with Gasteiger partial charge in [0.15, 0.2) is 9.84 Å². The number of hydrogen-bond donors (Lipinski definition) is 2. The van der Waals surface area contributed by atoms with E-state index in [1.54, 1.807) is 18.2 Å². The molecule has 3 rings (SSSR count). The van der Waals surface area contributed by atoms with E-state index in [4.69, 9.17) is 0 Å². The fourth-order valence-corrected chi connectivity index (χ4v) is 6.43. The van der Waals surface area contributed by atoms with Crippen molar-refractivity contribution in [1.29, 1.82) is 0 Å². The second kappa shape index (κ2) is 6.32. The van der Waals surface area contributed by atoms with Gasteiger partial charge >= 0.3 is 0 Å². The molecular formula is C16H17NO6S2. The molecule has 2 aromatic carbocycles. The molecule has 2 N–H and O–H groups in total. The zero-order valence-electron chi connectivity index (χ0n) is 13.1. The van der Waals surface area contributed by atoms with Gasteiger partial charge in [-0.1, -0.05) is 24.3 Å². The maximum atomic E-state index is 13.1. The first-order valence-corrected chi connectivity index (χ1v) is 10.7. The van der Waals surface area contributed by atoms with E-state index in [9.17, 15) is 27.0 Å². The van der Waals surface area contributed by atoms with Gasteiger partial charge in [0.25, 0.3) is 10.0 Å². The van der Waals surface area contributed by atoms with Crippen LogP contribution in [0.2, 0.25) is 0 Å². The summed E-state index contributed by atoms with van der Waals surface area (Å²) < 4.78 is 50.9. The Morgan fingerprint density at radius 3 is 2.24 bits per heavy atom. The highest BCUT2D eigenvalue weighted by molar-refractivity contribution is 7.93. The minimum absolute atomic E-state index is 0.0326. The van der Waals surface area contributed by atoms with Crippen LogP contribution in [-0.2, 0) is 19.9 Å². The summed E-state index contributed by atoms with van der Waals surface area (Å²) in [4.78, 5) is -0.0326. The largest absolute Gasteiger partial charge is 0.508 e. The lowest BCUT2D eigenvalue weighted by molar-refractivity contribution is 0.184. The molecule has 1 aliphatic rings. The molecule has 0 aliphatic carbocycles. The molecule has 25 heavy (non-hydrogen) atoms. The number of aromatic hydroxyl groups is 1. The van der Waals surface area contributed by atoms with Gasteiger partial charge in [0.05, 0.1) is 34.2 Å². The number of phenolic OH excluding ortho intramolecular Hbond substituents is 1. The van der Waals surface area contributed by atoms with E-state index in [-0.39, 0.29) is 16.3 Å². The number of anilines is 1. The smallest absolute Gasteiger partial charge is 0.264 e. The van der Waals surface area contributed by atoms with Gasteiger partial charge in [-0.15, -0.1) is 0 Å². The van der Waals surface area contributed by atoms with Crippen LogP contribution in [0, 0.1) is 0 Å². The first-order valence-electron chi connectivity index (χ1n) is 7.48. The molecular weight excluding hydrogens is 366 g/mol. The van der Waals surface area contributed by atoms with E-state index in [0.29, 0.717) is 0 Å². The summed E-state index contributed by atoms with van der Waals surface area (Å²) in [5.74, 6) is -1.16. The fraction of sp³-hybridized carbons (Fsp3) is 0.250. The molecule has 9 heteroatoms. The summed E-state index contributed by atoms with van der Waals surface area (Å²) in [5.41, 5.74) is 0.0880. The van der Waals surface area contributed by atoms with Gasteiger partial charge in [0, 0.05) is 6.07 Å². The molecule has 0 bridgehead atoms. The van der Waals surface area contributed by atoms with Crippen LogP contribution in [0.1, 0.15) is 0 Å². The zero-order chi connectivity index (χ0) is 18.2. The van der Waals surface area contributed by atoms with Gasteiger partial charge in [-0.3, -0.25) is 4.31 Å². The highest BCUT2D eigenvalue weighted by atomic mass is 32.2. The van der Waals surface area contributed by atoms with Crippen molar-refractivity contribution in [3.05, 3.63) is 54.6 Å². The molecule has 2 atom stereocenters. The summed E-state index contributed by atoms with van der Waals surface area (Å²) >= 11 is 0. The van der Waals surface area contributed by atoms with Crippen LogP contribution in [0.3, 0.4) is 0 Å². The number of sulfone groups is 1. The number of hydrogen-bond acceptors (Lipinski definition) is 6. The Kier molecular flexibility index (Phi) is 4.48. The van der Waals surface area contributed by atoms with E-state index in [1.807, 2.05) is 0 Å². The quantitative estimate of drug-likeness (QED) is 0.806. The SMILES string of the molecule is O=S1(=O)C[C@@H](N(c2cccc(O)c2)S(=O)(=O)c2ccccc2)[C@@H](O)C1. The predicted molar refractivity (Wildman–Crippen MR) is 92.7 cm³/mol. The molecule has 0 saturated carbocycles. The number of sulfonamides is 1. The number of nitrogens with zero attached hydrogens (tertiary/aromatic N) is 1. The number of rotatable bonds is 4. The second-order valence-electron chi connectivity index (χ2n) is 5.85. The standard InChI is InChI=1S/C16H17NO6S2/c18-13-6-4-5-12(9-13)17(15-10-24(20,21)11-16(15)19)25(22,23)14-7-2-1-3-8-14/h1-9,15-16,18-19H,10-11H2/t15-,16+/m1/s1. The molecule has 1 aliphatic heterocycles. The van der Waals surface area contributed by atoms with Crippen molar-refractivity contribution >= 4 is 25.5 Å². The van der Waals surface area contributed by atoms with Crippen molar-refractivity contribution in [1.82, 2.24) is 0 Å². The predicted octanol–water partition coefficient (Wildman–Crippen LogP) is 0.745.